The number of fused-ring (bicyclic) bond motifs is 5. The Kier molecular flexibility index (Phi) is 8.98. The fourth-order valence-corrected chi connectivity index (χ4v) is 7.71. The first-order valence-electron chi connectivity index (χ1n) is 18.4. The van der Waals surface area contributed by atoms with Crippen LogP contribution in [0.5, 0.6) is 0 Å². The van der Waals surface area contributed by atoms with Crippen molar-refractivity contribution in [2.75, 3.05) is 4.90 Å². The molecule has 1 aliphatic heterocycles. The Morgan fingerprint density at radius 3 is 1.91 bits per heavy atom. The molecule has 0 unspecified atom stereocenters. The molecule has 0 aliphatic carbocycles. The van der Waals surface area contributed by atoms with Crippen molar-refractivity contribution in [3.63, 3.8) is 0 Å². The molecule has 54 heavy (non-hydrogen) atoms. The quantitative estimate of drug-likeness (QED) is 0.131. The summed E-state index contributed by atoms with van der Waals surface area (Å²) in [5.41, 5.74) is 14.5. The Balaban J connectivity index is 0.00000413. The summed E-state index contributed by atoms with van der Waals surface area (Å²) in [7, 11) is 0. The van der Waals surface area contributed by atoms with E-state index in [-0.39, 0.29) is 38.6 Å². The van der Waals surface area contributed by atoms with Gasteiger partial charge in [0.15, 0.2) is 0 Å². The van der Waals surface area contributed by atoms with E-state index in [0.29, 0.717) is 0 Å². The first-order chi connectivity index (χ1) is 25.5. The summed E-state index contributed by atoms with van der Waals surface area (Å²) in [6, 6.07) is 50.7. The van der Waals surface area contributed by atoms with Crippen LogP contribution in [0.4, 0.5) is 17.1 Å². The second-order valence-electron chi connectivity index (χ2n) is 16.1. The first-order valence-corrected chi connectivity index (χ1v) is 18.4. The number of para-hydroxylation sites is 2. The molecule has 9 rings (SSSR count). The molecule has 0 amide bonds. The molecule has 3 aromatic heterocycles. The number of rotatable bonds is 4. The van der Waals surface area contributed by atoms with Crippen molar-refractivity contribution in [1.82, 2.24) is 9.97 Å². The summed E-state index contributed by atoms with van der Waals surface area (Å²) in [5.74, 6) is 0. The van der Waals surface area contributed by atoms with E-state index >= 15 is 0 Å². The van der Waals surface area contributed by atoms with Gasteiger partial charge in [-0.25, -0.2) is 0 Å². The minimum atomic E-state index is -0.144. The van der Waals surface area contributed by atoms with Crippen molar-refractivity contribution in [1.29, 1.82) is 0 Å². The predicted octanol–water partition coefficient (Wildman–Crippen LogP) is 10.2. The SMILES string of the molecule is CC(C)(C)c1ccnc(-c2[c-]c(B3c4[c-]c(-c5cc(C(C)(C)C)ccn5)ccc4N(c4cccc5oc6ccccc6c45)c4ccccc43)ccc2)c1.[Pt+2]. The molecular weight excluding hydrogens is 840 g/mol. The average Bonchev–Trinajstić information content (AvgIpc) is 3.55. The van der Waals surface area contributed by atoms with Crippen LogP contribution in [-0.4, -0.2) is 16.7 Å². The van der Waals surface area contributed by atoms with Gasteiger partial charge in [-0.05, 0) is 80.9 Å². The van der Waals surface area contributed by atoms with E-state index in [1.807, 2.05) is 24.5 Å². The van der Waals surface area contributed by atoms with E-state index in [0.717, 1.165) is 72.4 Å². The van der Waals surface area contributed by atoms with E-state index in [1.165, 1.54) is 16.6 Å². The summed E-state index contributed by atoms with van der Waals surface area (Å²) >= 11 is 0. The molecule has 0 spiro atoms. The van der Waals surface area contributed by atoms with Gasteiger partial charge in [-0.1, -0.05) is 96.1 Å². The average molecular weight is 881 g/mol. The van der Waals surface area contributed by atoms with Gasteiger partial charge in [-0.2, -0.15) is 5.46 Å². The van der Waals surface area contributed by atoms with Gasteiger partial charge < -0.3 is 19.3 Å². The van der Waals surface area contributed by atoms with Crippen molar-refractivity contribution in [3.05, 3.63) is 157 Å². The molecule has 0 saturated carbocycles. The smallest absolute Gasteiger partial charge is 0.456 e. The Morgan fingerprint density at radius 1 is 0.574 bits per heavy atom. The summed E-state index contributed by atoms with van der Waals surface area (Å²) in [4.78, 5) is 12.1. The minimum absolute atomic E-state index is 0. The minimum Gasteiger partial charge on any atom is -0.456 e. The van der Waals surface area contributed by atoms with Gasteiger partial charge in [0.25, 0.3) is 0 Å². The largest absolute Gasteiger partial charge is 2.00 e. The Morgan fingerprint density at radius 2 is 1.19 bits per heavy atom. The van der Waals surface area contributed by atoms with Crippen LogP contribution in [-0.2, 0) is 31.9 Å². The van der Waals surface area contributed by atoms with Crippen LogP contribution in [0.25, 0.3) is 44.5 Å². The first kappa shape index (κ1) is 35.8. The van der Waals surface area contributed by atoms with Gasteiger partial charge in [-0.15, -0.1) is 59.1 Å². The molecule has 4 heterocycles. The molecule has 8 aromatic rings. The molecule has 4 nitrogen and oxygen atoms in total. The van der Waals surface area contributed by atoms with Crippen LogP contribution < -0.4 is 21.3 Å². The molecule has 0 N–H and O–H groups in total. The van der Waals surface area contributed by atoms with Gasteiger partial charge in [0.1, 0.15) is 11.2 Å². The number of pyridine rings is 2. The molecule has 5 aromatic carbocycles. The number of furan rings is 1. The van der Waals surface area contributed by atoms with E-state index < -0.39 is 0 Å². The van der Waals surface area contributed by atoms with Crippen LogP contribution in [0.1, 0.15) is 52.7 Å². The topological polar surface area (TPSA) is 42.2 Å². The summed E-state index contributed by atoms with van der Waals surface area (Å²) in [6.07, 6.45) is 3.83. The van der Waals surface area contributed by atoms with E-state index in [1.54, 1.807) is 0 Å². The third-order valence-corrected chi connectivity index (χ3v) is 10.5. The molecule has 266 valence electrons. The third-order valence-electron chi connectivity index (χ3n) is 10.5. The standard InChI is InChI=1S/C48H40BN3O.Pt/c1-47(2,3)33-23-25-50-39(29-33)31-13-11-14-35(27-31)49-37-16-8-9-17-41(37)52(43-18-12-20-45-46(43)36-15-7-10-19-44(36)53-45)42-22-21-32(28-38(42)49)40-30-34(24-26-51-40)48(4,5)6;/h7-26,29-30H,1-6H3;/q-2;+2. The van der Waals surface area contributed by atoms with Crippen LogP contribution in [0.3, 0.4) is 0 Å². The van der Waals surface area contributed by atoms with Gasteiger partial charge in [0.2, 0.25) is 6.71 Å². The number of aromatic nitrogens is 2. The number of nitrogens with zero attached hydrogens (tertiary/aromatic N) is 3. The van der Waals surface area contributed by atoms with Crippen LogP contribution in [0.15, 0.2) is 138 Å². The van der Waals surface area contributed by atoms with E-state index in [9.17, 15) is 0 Å². The molecule has 1 aliphatic rings. The van der Waals surface area contributed by atoms with Crippen LogP contribution >= 0.6 is 0 Å². The zero-order chi connectivity index (χ0) is 36.5. The van der Waals surface area contributed by atoms with Gasteiger partial charge >= 0.3 is 21.1 Å². The fourth-order valence-electron chi connectivity index (χ4n) is 7.71. The predicted molar refractivity (Wildman–Crippen MR) is 221 cm³/mol. The number of hydrogen-bond acceptors (Lipinski definition) is 4. The molecule has 0 atom stereocenters. The van der Waals surface area contributed by atoms with E-state index in [2.05, 4.69) is 168 Å². The Hall–Kier alpha value is -5.25. The summed E-state index contributed by atoms with van der Waals surface area (Å²) < 4.78 is 6.40. The molecule has 6 heteroatoms. The van der Waals surface area contributed by atoms with Crippen molar-refractivity contribution in [2.24, 2.45) is 0 Å². The van der Waals surface area contributed by atoms with Crippen molar-refractivity contribution < 1.29 is 25.5 Å². The zero-order valence-corrected chi connectivity index (χ0v) is 33.6. The molecule has 0 saturated heterocycles. The molecule has 0 radical (unpaired) electrons. The van der Waals surface area contributed by atoms with E-state index in [4.69, 9.17) is 14.4 Å². The summed E-state index contributed by atoms with van der Waals surface area (Å²) in [5, 5.41) is 2.18. The zero-order valence-electron chi connectivity index (χ0n) is 31.3. The van der Waals surface area contributed by atoms with Crippen molar-refractivity contribution in [2.45, 2.75) is 52.4 Å². The maximum Gasteiger partial charge on any atom is 2.00 e. The second-order valence-corrected chi connectivity index (χ2v) is 16.1. The maximum atomic E-state index is 6.40. The normalized spacial score (nSPS) is 12.8. The van der Waals surface area contributed by atoms with Gasteiger partial charge in [0, 0.05) is 29.2 Å². The van der Waals surface area contributed by atoms with Crippen LogP contribution in [0.2, 0.25) is 0 Å². The maximum absolute atomic E-state index is 6.40. The van der Waals surface area contributed by atoms with Crippen molar-refractivity contribution in [3.8, 4) is 22.5 Å². The molecule has 0 bridgehead atoms. The third kappa shape index (κ3) is 6.19. The fraction of sp³-hybridized carbons (Fsp3) is 0.167. The van der Waals surface area contributed by atoms with Gasteiger partial charge in [0.05, 0.1) is 5.39 Å². The molecule has 0 fully saturated rings. The number of anilines is 3. The van der Waals surface area contributed by atoms with Crippen molar-refractivity contribution >= 4 is 62.1 Å². The summed E-state index contributed by atoms with van der Waals surface area (Å²) in [6.45, 7) is 13.3. The second kappa shape index (κ2) is 13.6. The number of hydrogen-bond donors (Lipinski definition) is 0. The van der Waals surface area contributed by atoms with Crippen LogP contribution in [0, 0.1) is 12.1 Å². The number of benzene rings is 5. The van der Waals surface area contributed by atoms with Gasteiger partial charge in [-0.3, -0.25) is 0 Å². The Labute approximate surface area is 332 Å². The monoisotopic (exact) mass is 880 g/mol. The molecular formula is C48H40BN3OPt. The Bertz CT molecular complexity index is 2690.